The molecule has 4 atom stereocenters. The Balaban J connectivity index is 1.74. The maximum absolute atomic E-state index is 14.9. The summed E-state index contributed by atoms with van der Waals surface area (Å²) in [6.45, 7) is 0.255. The minimum absolute atomic E-state index is 0.175. The largest absolute Gasteiger partial charge is 0.502 e. The molecule has 0 radical (unpaired) electrons. The van der Waals surface area contributed by atoms with E-state index in [-0.39, 0.29) is 41.6 Å². The molecule has 2 aromatic rings. The molecule has 2 aliphatic carbocycles. The number of carbonyl (C=O) groups excluding carboxylic acids is 1. The lowest BCUT2D eigenvalue weighted by Crippen LogP contribution is -2.46. The van der Waals surface area contributed by atoms with Gasteiger partial charge in [0.05, 0.1) is 12.2 Å². The van der Waals surface area contributed by atoms with Gasteiger partial charge in [0.25, 0.3) is 5.91 Å². The van der Waals surface area contributed by atoms with Crippen LogP contribution in [-0.2, 0) is 6.42 Å². The number of carbonyl (C=O) groups is 1. The molecular weight excluding hydrogens is 404 g/mol. The summed E-state index contributed by atoms with van der Waals surface area (Å²) in [5.41, 5.74) is 0.756. The third-order valence-corrected chi connectivity index (χ3v) is 6.74. The average Bonchev–Trinajstić information content (AvgIpc) is 2.90. The summed E-state index contributed by atoms with van der Waals surface area (Å²) >= 11 is 0. The Bertz CT molecular complexity index is 1200. The molecule has 1 aromatic carbocycles. The van der Waals surface area contributed by atoms with Crippen LogP contribution < -0.4 is 5.43 Å². The van der Waals surface area contributed by atoms with Gasteiger partial charge in [0.15, 0.2) is 11.4 Å². The molecule has 0 saturated heterocycles. The van der Waals surface area contributed by atoms with E-state index in [1.54, 1.807) is 19.2 Å². The van der Waals surface area contributed by atoms with Crippen molar-refractivity contribution >= 4 is 5.91 Å². The second-order valence-corrected chi connectivity index (χ2v) is 8.43. The Morgan fingerprint density at radius 1 is 1.23 bits per heavy atom. The number of nitrogens with zero attached hydrogens (tertiary/aromatic N) is 3. The summed E-state index contributed by atoms with van der Waals surface area (Å²) < 4.78 is 30.3. The molecule has 1 amide bonds. The maximum Gasteiger partial charge on any atom is 0.275 e. The number of benzene rings is 1. The zero-order valence-corrected chi connectivity index (χ0v) is 16.8. The van der Waals surface area contributed by atoms with E-state index in [2.05, 4.69) is 5.10 Å². The molecule has 31 heavy (non-hydrogen) atoms. The Hall–Kier alpha value is -3.29. The van der Waals surface area contributed by atoms with Gasteiger partial charge in [-0.3, -0.25) is 14.3 Å². The highest BCUT2D eigenvalue weighted by atomic mass is 19.1. The van der Waals surface area contributed by atoms with Crippen molar-refractivity contribution in [1.29, 1.82) is 0 Å². The Morgan fingerprint density at radius 3 is 2.84 bits per heavy atom. The fraction of sp³-hybridized carbons (Fsp3) is 0.348. The Kier molecular flexibility index (Phi) is 4.53. The monoisotopic (exact) mass is 425 g/mol. The van der Waals surface area contributed by atoms with Crippen LogP contribution in [0.4, 0.5) is 8.78 Å². The summed E-state index contributed by atoms with van der Waals surface area (Å²) in [6, 6.07) is 4.12. The summed E-state index contributed by atoms with van der Waals surface area (Å²) in [4.78, 5) is 26.2. The minimum atomic E-state index is -0.735. The Labute approximate surface area is 177 Å². The van der Waals surface area contributed by atoms with Gasteiger partial charge in [-0.1, -0.05) is 18.2 Å². The highest BCUT2D eigenvalue weighted by molar-refractivity contribution is 5.95. The lowest BCUT2D eigenvalue weighted by atomic mass is 9.72. The van der Waals surface area contributed by atoms with E-state index in [1.807, 2.05) is 6.08 Å². The van der Waals surface area contributed by atoms with Gasteiger partial charge in [-0.05, 0) is 48.1 Å². The number of aryl methyl sites for hydroxylation is 1. The first-order valence-electron chi connectivity index (χ1n) is 10.2. The van der Waals surface area contributed by atoms with E-state index in [4.69, 9.17) is 0 Å². The van der Waals surface area contributed by atoms with Gasteiger partial charge < -0.3 is 10.0 Å². The van der Waals surface area contributed by atoms with Crippen LogP contribution in [0.15, 0.2) is 53.2 Å². The standard InChI is InChI=1S/C23H21F2N3O3/c1-27-11-18(28-21(23(27)31)22(30)19(29)10-26-28)20-14-8-6-13(24)9-12(14)5-7-15-16(20)3-2-4-17(15)25/h2-4,6,8-10,15-16,18,20,30H,5,7,11H2,1H3. The van der Waals surface area contributed by atoms with Crippen molar-refractivity contribution in [2.45, 2.75) is 24.8 Å². The van der Waals surface area contributed by atoms with Gasteiger partial charge in [0.2, 0.25) is 5.43 Å². The smallest absolute Gasteiger partial charge is 0.275 e. The number of fused-ring (bicyclic) bond motifs is 3. The third-order valence-electron chi connectivity index (χ3n) is 6.74. The first-order valence-corrected chi connectivity index (χ1v) is 10.2. The first-order chi connectivity index (χ1) is 14.9. The molecule has 1 N–H and O–H groups in total. The predicted octanol–water partition coefficient (Wildman–Crippen LogP) is 3.10. The van der Waals surface area contributed by atoms with Gasteiger partial charge in [0, 0.05) is 25.4 Å². The molecular formula is C23H21F2N3O3. The fourth-order valence-electron chi connectivity index (χ4n) is 5.31. The van der Waals surface area contributed by atoms with Crippen LogP contribution in [0.2, 0.25) is 0 Å². The number of hydrogen-bond donors (Lipinski definition) is 1. The molecule has 3 aliphatic rings. The van der Waals surface area contributed by atoms with Crippen molar-refractivity contribution in [3.63, 3.8) is 0 Å². The number of aromatic nitrogens is 2. The summed E-state index contributed by atoms with van der Waals surface area (Å²) in [5, 5.41) is 14.5. The minimum Gasteiger partial charge on any atom is -0.502 e. The number of likely N-dealkylation sites (N-methyl/N-ethyl adjacent to an activating group) is 1. The SMILES string of the molecule is CN1CC(C2c3ccc(F)cc3CCC3C(F)=CC=CC32)n2ncc(=O)c(O)c2C1=O. The number of hydrogen-bond acceptors (Lipinski definition) is 4. The molecule has 1 aromatic heterocycles. The summed E-state index contributed by atoms with van der Waals surface area (Å²) in [6.07, 6.45) is 7.14. The molecule has 4 unspecified atom stereocenters. The van der Waals surface area contributed by atoms with Crippen molar-refractivity contribution in [3.05, 3.63) is 81.3 Å². The van der Waals surface area contributed by atoms with Crippen LogP contribution in [0.25, 0.3) is 0 Å². The number of rotatable bonds is 1. The van der Waals surface area contributed by atoms with Crippen LogP contribution in [0.1, 0.15) is 40.0 Å². The Morgan fingerprint density at radius 2 is 2.03 bits per heavy atom. The van der Waals surface area contributed by atoms with E-state index in [0.29, 0.717) is 12.8 Å². The van der Waals surface area contributed by atoms with Gasteiger partial charge in [-0.15, -0.1) is 0 Å². The number of aromatic hydroxyl groups is 1. The van der Waals surface area contributed by atoms with Gasteiger partial charge in [-0.25, -0.2) is 8.78 Å². The van der Waals surface area contributed by atoms with Gasteiger partial charge >= 0.3 is 0 Å². The van der Waals surface area contributed by atoms with Crippen molar-refractivity contribution in [1.82, 2.24) is 14.7 Å². The molecule has 5 rings (SSSR count). The van der Waals surface area contributed by atoms with Crippen LogP contribution in [-0.4, -0.2) is 39.3 Å². The maximum atomic E-state index is 14.9. The van der Waals surface area contributed by atoms with Crippen molar-refractivity contribution in [2.75, 3.05) is 13.6 Å². The van der Waals surface area contributed by atoms with E-state index in [1.165, 1.54) is 27.8 Å². The molecule has 160 valence electrons. The van der Waals surface area contributed by atoms with E-state index < -0.39 is 23.1 Å². The van der Waals surface area contributed by atoms with Crippen molar-refractivity contribution in [2.24, 2.45) is 11.8 Å². The summed E-state index contributed by atoms with van der Waals surface area (Å²) in [7, 11) is 1.59. The lowest BCUT2D eigenvalue weighted by molar-refractivity contribution is 0.0659. The number of amides is 1. The first kappa shape index (κ1) is 19.7. The highest BCUT2D eigenvalue weighted by Gasteiger charge is 2.45. The van der Waals surface area contributed by atoms with Crippen LogP contribution in [0.5, 0.6) is 5.75 Å². The fourth-order valence-corrected chi connectivity index (χ4v) is 5.31. The number of allylic oxidation sites excluding steroid dienone is 4. The third kappa shape index (κ3) is 3.00. The normalized spacial score (nSPS) is 27.1. The van der Waals surface area contributed by atoms with Crippen LogP contribution >= 0.6 is 0 Å². The van der Waals surface area contributed by atoms with Gasteiger partial charge in [-0.2, -0.15) is 5.10 Å². The average molecular weight is 425 g/mol. The van der Waals surface area contributed by atoms with Crippen LogP contribution in [0.3, 0.4) is 0 Å². The summed E-state index contributed by atoms with van der Waals surface area (Å²) in [5.74, 6) is -2.71. The number of halogens is 2. The van der Waals surface area contributed by atoms with E-state index in [0.717, 1.165) is 17.3 Å². The predicted molar refractivity (Wildman–Crippen MR) is 109 cm³/mol. The topological polar surface area (TPSA) is 75.4 Å². The zero-order chi connectivity index (χ0) is 21.9. The lowest BCUT2D eigenvalue weighted by Gasteiger charge is -2.41. The van der Waals surface area contributed by atoms with Crippen molar-refractivity contribution in [3.8, 4) is 5.75 Å². The molecule has 0 bridgehead atoms. The molecule has 0 spiro atoms. The molecule has 0 fully saturated rings. The quantitative estimate of drug-likeness (QED) is 0.762. The van der Waals surface area contributed by atoms with Crippen molar-refractivity contribution < 1.29 is 18.7 Å². The highest BCUT2D eigenvalue weighted by Crippen LogP contribution is 2.50. The second-order valence-electron chi connectivity index (χ2n) is 8.43. The zero-order valence-electron chi connectivity index (χ0n) is 16.8. The second kappa shape index (κ2) is 7.14. The molecule has 6 nitrogen and oxygen atoms in total. The molecule has 8 heteroatoms. The molecule has 1 aliphatic heterocycles. The van der Waals surface area contributed by atoms with E-state index in [9.17, 15) is 23.5 Å². The van der Waals surface area contributed by atoms with Gasteiger partial charge in [0.1, 0.15) is 11.6 Å². The van der Waals surface area contributed by atoms with Crippen LogP contribution in [0, 0.1) is 17.7 Å². The molecule has 0 saturated carbocycles. The van der Waals surface area contributed by atoms with E-state index >= 15 is 0 Å². The molecule has 2 heterocycles.